The molecule has 1 saturated heterocycles. The van der Waals surface area contributed by atoms with Gasteiger partial charge in [-0.25, -0.2) is 13.2 Å². The highest BCUT2D eigenvalue weighted by Gasteiger charge is 2.28. The molecule has 7 nitrogen and oxygen atoms in total. The van der Waals surface area contributed by atoms with E-state index in [0.717, 1.165) is 11.4 Å². The third-order valence-corrected chi connectivity index (χ3v) is 6.50. The Labute approximate surface area is 159 Å². The number of piperazine rings is 1. The second-order valence-corrected chi connectivity index (χ2v) is 8.04. The second kappa shape index (κ2) is 7.98. The molecule has 1 aliphatic heterocycles. The van der Waals surface area contributed by atoms with Gasteiger partial charge in [0.2, 0.25) is 10.0 Å². The first-order chi connectivity index (χ1) is 13.0. The van der Waals surface area contributed by atoms with E-state index in [4.69, 9.17) is 4.74 Å². The molecule has 0 N–H and O–H groups in total. The Kier molecular flexibility index (Phi) is 5.67. The molecule has 0 amide bonds. The molecule has 8 heteroatoms. The molecular formula is C19H22N2O5S. The summed E-state index contributed by atoms with van der Waals surface area (Å²) < 4.78 is 36.9. The molecule has 0 bridgehead atoms. The summed E-state index contributed by atoms with van der Waals surface area (Å²) in [5.74, 6) is 0.294. The Morgan fingerprint density at radius 1 is 0.889 bits per heavy atom. The maximum absolute atomic E-state index is 12.8. The summed E-state index contributed by atoms with van der Waals surface area (Å²) in [6, 6.07) is 13.5. The van der Waals surface area contributed by atoms with Crippen LogP contribution in [0.4, 0.5) is 5.69 Å². The van der Waals surface area contributed by atoms with Crippen LogP contribution in [0.25, 0.3) is 0 Å². The van der Waals surface area contributed by atoms with Gasteiger partial charge >= 0.3 is 5.97 Å². The van der Waals surface area contributed by atoms with Crippen LogP contribution >= 0.6 is 0 Å². The van der Waals surface area contributed by atoms with E-state index in [1.165, 1.54) is 35.7 Å². The summed E-state index contributed by atoms with van der Waals surface area (Å²) in [5, 5.41) is 0. The molecule has 2 aromatic carbocycles. The standard InChI is InChI=1S/C19H22N2O5S/c1-25-17-7-5-16(6-8-17)20-11-13-21(14-12-20)27(23,24)18-9-3-15(4-10-18)19(22)26-2/h3-10H,11-14H2,1-2H3. The average molecular weight is 390 g/mol. The predicted molar refractivity (Wildman–Crippen MR) is 102 cm³/mol. The van der Waals surface area contributed by atoms with Crippen LogP contribution in [0.1, 0.15) is 10.4 Å². The summed E-state index contributed by atoms with van der Waals surface area (Å²) in [6.45, 7) is 2.00. The van der Waals surface area contributed by atoms with E-state index in [-0.39, 0.29) is 4.90 Å². The third kappa shape index (κ3) is 4.06. The Bertz CT molecular complexity index is 887. The van der Waals surface area contributed by atoms with Crippen LogP contribution in [0.2, 0.25) is 0 Å². The molecule has 1 heterocycles. The van der Waals surface area contributed by atoms with Gasteiger partial charge in [0, 0.05) is 31.9 Å². The molecule has 2 aromatic rings. The van der Waals surface area contributed by atoms with Gasteiger partial charge in [0.15, 0.2) is 0 Å². The Balaban J connectivity index is 1.67. The van der Waals surface area contributed by atoms with Gasteiger partial charge in [-0.2, -0.15) is 4.31 Å². The van der Waals surface area contributed by atoms with Crippen LogP contribution in [-0.2, 0) is 14.8 Å². The average Bonchev–Trinajstić information content (AvgIpc) is 2.73. The van der Waals surface area contributed by atoms with E-state index in [9.17, 15) is 13.2 Å². The van der Waals surface area contributed by atoms with Crippen LogP contribution in [0.5, 0.6) is 5.75 Å². The molecule has 27 heavy (non-hydrogen) atoms. The summed E-state index contributed by atoms with van der Waals surface area (Å²) in [4.78, 5) is 13.8. The van der Waals surface area contributed by atoms with Gasteiger partial charge < -0.3 is 14.4 Å². The van der Waals surface area contributed by atoms with Crippen molar-refractivity contribution < 1.29 is 22.7 Å². The van der Waals surface area contributed by atoms with Crippen molar-refractivity contribution >= 4 is 21.7 Å². The van der Waals surface area contributed by atoms with Crippen molar-refractivity contribution in [2.45, 2.75) is 4.90 Å². The summed E-state index contributed by atoms with van der Waals surface area (Å²) >= 11 is 0. The predicted octanol–water partition coefficient (Wildman–Crippen LogP) is 1.99. The van der Waals surface area contributed by atoms with Crippen LogP contribution in [0, 0.1) is 0 Å². The quantitative estimate of drug-likeness (QED) is 0.727. The number of ether oxygens (including phenoxy) is 2. The van der Waals surface area contributed by atoms with Gasteiger partial charge in [-0.1, -0.05) is 0 Å². The van der Waals surface area contributed by atoms with Gasteiger partial charge in [-0.3, -0.25) is 0 Å². The number of rotatable bonds is 5. The molecule has 0 saturated carbocycles. The number of methoxy groups -OCH3 is 2. The van der Waals surface area contributed by atoms with Crippen molar-refractivity contribution in [3.8, 4) is 5.75 Å². The largest absolute Gasteiger partial charge is 0.497 e. The van der Waals surface area contributed by atoms with E-state index in [1.54, 1.807) is 7.11 Å². The lowest BCUT2D eigenvalue weighted by atomic mass is 10.2. The number of carbonyl (C=O) groups is 1. The number of sulfonamides is 1. The van der Waals surface area contributed by atoms with Crippen molar-refractivity contribution in [3.63, 3.8) is 0 Å². The maximum Gasteiger partial charge on any atom is 0.337 e. The van der Waals surface area contributed by atoms with E-state index >= 15 is 0 Å². The van der Waals surface area contributed by atoms with Gasteiger partial charge in [0.1, 0.15) is 5.75 Å². The number of anilines is 1. The molecule has 0 atom stereocenters. The van der Waals surface area contributed by atoms with Crippen molar-refractivity contribution in [2.24, 2.45) is 0 Å². The molecular weight excluding hydrogens is 368 g/mol. The Morgan fingerprint density at radius 3 is 2.00 bits per heavy atom. The zero-order valence-corrected chi connectivity index (χ0v) is 16.1. The van der Waals surface area contributed by atoms with E-state index in [1.807, 2.05) is 24.3 Å². The first kappa shape index (κ1) is 19.2. The molecule has 144 valence electrons. The lowest BCUT2D eigenvalue weighted by molar-refractivity contribution is 0.0600. The zero-order chi connectivity index (χ0) is 19.4. The number of nitrogens with zero attached hydrogens (tertiary/aromatic N) is 2. The topological polar surface area (TPSA) is 76.2 Å². The van der Waals surface area contributed by atoms with Crippen LogP contribution in [0.15, 0.2) is 53.4 Å². The fourth-order valence-electron chi connectivity index (χ4n) is 3.01. The van der Waals surface area contributed by atoms with Crippen molar-refractivity contribution in [3.05, 3.63) is 54.1 Å². The van der Waals surface area contributed by atoms with E-state index in [0.29, 0.717) is 31.7 Å². The van der Waals surface area contributed by atoms with Crippen molar-refractivity contribution in [2.75, 3.05) is 45.3 Å². The normalized spacial score (nSPS) is 15.4. The van der Waals surface area contributed by atoms with Crippen molar-refractivity contribution in [1.29, 1.82) is 0 Å². The van der Waals surface area contributed by atoms with Gasteiger partial charge in [-0.05, 0) is 48.5 Å². The van der Waals surface area contributed by atoms with Gasteiger partial charge in [0.05, 0.1) is 24.7 Å². The smallest absolute Gasteiger partial charge is 0.337 e. The fraction of sp³-hybridized carbons (Fsp3) is 0.316. The maximum atomic E-state index is 12.8. The highest BCUT2D eigenvalue weighted by molar-refractivity contribution is 7.89. The highest BCUT2D eigenvalue weighted by atomic mass is 32.2. The molecule has 0 radical (unpaired) electrons. The summed E-state index contributed by atoms with van der Waals surface area (Å²) in [7, 11) is -0.685. The second-order valence-electron chi connectivity index (χ2n) is 6.11. The lowest BCUT2D eigenvalue weighted by Crippen LogP contribution is -2.48. The Hall–Kier alpha value is -2.58. The monoisotopic (exact) mass is 390 g/mol. The fourth-order valence-corrected chi connectivity index (χ4v) is 4.43. The molecule has 0 aromatic heterocycles. The van der Waals surface area contributed by atoms with E-state index < -0.39 is 16.0 Å². The first-order valence-corrected chi connectivity index (χ1v) is 9.97. The molecule has 1 aliphatic rings. The summed E-state index contributed by atoms with van der Waals surface area (Å²) in [6.07, 6.45) is 0. The van der Waals surface area contributed by atoms with E-state index in [2.05, 4.69) is 9.64 Å². The Morgan fingerprint density at radius 2 is 1.48 bits per heavy atom. The van der Waals surface area contributed by atoms with Crippen LogP contribution < -0.4 is 9.64 Å². The number of hydrogen-bond acceptors (Lipinski definition) is 6. The number of carbonyl (C=O) groups excluding carboxylic acids is 1. The number of benzene rings is 2. The van der Waals surface area contributed by atoms with Crippen LogP contribution in [0.3, 0.4) is 0 Å². The molecule has 1 fully saturated rings. The minimum atomic E-state index is -3.59. The van der Waals surface area contributed by atoms with Crippen molar-refractivity contribution in [1.82, 2.24) is 4.31 Å². The van der Waals surface area contributed by atoms with Gasteiger partial charge in [-0.15, -0.1) is 0 Å². The first-order valence-electron chi connectivity index (χ1n) is 8.53. The van der Waals surface area contributed by atoms with Crippen LogP contribution in [-0.4, -0.2) is 59.1 Å². The number of hydrogen-bond donors (Lipinski definition) is 0. The minimum Gasteiger partial charge on any atom is -0.497 e. The van der Waals surface area contributed by atoms with Gasteiger partial charge in [0.25, 0.3) is 0 Å². The number of esters is 1. The molecule has 0 spiro atoms. The highest BCUT2D eigenvalue weighted by Crippen LogP contribution is 2.23. The molecule has 0 unspecified atom stereocenters. The molecule has 3 rings (SSSR count). The minimum absolute atomic E-state index is 0.174. The zero-order valence-electron chi connectivity index (χ0n) is 15.3. The molecule has 0 aliphatic carbocycles. The summed E-state index contributed by atoms with van der Waals surface area (Å²) in [5.41, 5.74) is 1.36. The third-order valence-electron chi connectivity index (χ3n) is 4.59. The lowest BCUT2D eigenvalue weighted by Gasteiger charge is -2.35. The SMILES string of the molecule is COC(=O)c1ccc(S(=O)(=O)N2CCN(c3ccc(OC)cc3)CC2)cc1.